The van der Waals surface area contributed by atoms with Gasteiger partial charge in [0.1, 0.15) is 17.1 Å². The van der Waals surface area contributed by atoms with Crippen LogP contribution in [0.3, 0.4) is 0 Å². The number of nitrogens with zero attached hydrogens (tertiary/aromatic N) is 3. The van der Waals surface area contributed by atoms with Crippen LogP contribution in [0.4, 0.5) is 9.18 Å². The Morgan fingerprint density at radius 2 is 2.12 bits per heavy atom. The van der Waals surface area contributed by atoms with Crippen LogP contribution in [0.1, 0.15) is 32.0 Å². The number of hydrogen-bond donors (Lipinski definition) is 0. The van der Waals surface area contributed by atoms with Gasteiger partial charge in [0.15, 0.2) is 0 Å². The molecule has 1 amide bonds. The number of morpholine rings is 1. The third-order valence-electron chi connectivity index (χ3n) is 5.36. The Hall–Kier alpha value is -2.16. The number of amides is 1. The Morgan fingerprint density at radius 3 is 2.85 bits per heavy atom. The Labute approximate surface area is 205 Å². The number of aromatic nitrogens is 2. The van der Waals surface area contributed by atoms with Crippen LogP contribution in [0.5, 0.6) is 0 Å². The number of carbonyl (C=O) groups is 1. The Morgan fingerprint density at radius 1 is 1.36 bits per heavy atom. The first-order valence-corrected chi connectivity index (χ1v) is 11.9. The molecule has 3 aromatic rings. The number of halogens is 3. The van der Waals surface area contributed by atoms with Gasteiger partial charge in [-0.1, -0.05) is 11.6 Å². The van der Waals surface area contributed by atoms with E-state index in [1.165, 1.54) is 12.1 Å². The molecule has 6 nitrogen and oxygen atoms in total. The lowest BCUT2D eigenvalue weighted by Gasteiger charge is -2.34. The van der Waals surface area contributed by atoms with Crippen molar-refractivity contribution in [3.8, 4) is 11.3 Å². The first kappa shape index (κ1) is 24.0. The highest BCUT2D eigenvalue weighted by molar-refractivity contribution is 9.10. The number of ether oxygens (including phenoxy) is 2. The number of pyridine rings is 1. The quantitative estimate of drug-likeness (QED) is 0.381. The van der Waals surface area contributed by atoms with E-state index < -0.39 is 11.4 Å². The third-order valence-corrected chi connectivity index (χ3v) is 6.28. The predicted molar refractivity (Wildman–Crippen MR) is 129 cm³/mol. The number of imidazole rings is 1. The molecule has 1 aliphatic heterocycles. The fraction of sp³-hybridized carbons (Fsp3) is 0.417. The number of hydrogen-bond acceptors (Lipinski definition) is 4. The minimum Gasteiger partial charge on any atom is -0.444 e. The summed E-state index contributed by atoms with van der Waals surface area (Å²) in [4.78, 5) is 19.0. The normalized spacial score (nSPS) is 16.9. The van der Waals surface area contributed by atoms with Gasteiger partial charge >= 0.3 is 6.09 Å². The van der Waals surface area contributed by atoms with Crippen LogP contribution in [0.2, 0.25) is 5.02 Å². The summed E-state index contributed by atoms with van der Waals surface area (Å²) in [7, 11) is 0. The maximum atomic E-state index is 14.4. The lowest BCUT2D eigenvalue weighted by Crippen LogP contribution is -2.48. The fourth-order valence-corrected chi connectivity index (χ4v) is 4.59. The maximum Gasteiger partial charge on any atom is 0.410 e. The predicted octanol–water partition coefficient (Wildman–Crippen LogP) is 6.04. The van der Waals surface area contributed by atoms with Crippen molar-refractivity contribution in [2.24, 2.45) is 0 Å². The summed E-state index contributed by atoms with van der Waals surface area (Å²) in [5, 5.41) is 0.393. The molecule has 0 N–H and O–H groups in total. The van der Waals surface area contributed by atoms with E-state index in [1.807, 2.05) is 50.4 Å². The molecule has 176 valence electrons. The van der Waals surface area contributed by atoms with Crippen molar-refractivity contribution in [2.45, 2.75) is 45.8 Å². The van der Waals surface area contributed by atoms with Gasteiger partial charge in [-0.2, -0.15) is 0 Å². The average molecular weight is 539 g/mol. The second kappa shape index (κ2) is 9.24. The van der Waals surface area contributed by atoms with E-state index in [2.05, 4.69) is 15.9 Å². The van der Waals surface area contributed by atoms with Crippen molar-refractivity contribution in [1.29, 1.82) is 0 Å². The lowest BCUT2D eigenvalue weighted by molar-refractivity contribution is -0.0418. The van der Waals surface area contributed by atoms with Gasteiger partial charge < -0.3 is 18.8 Å². The second-order valence-corrected chi connectivity index (χ2v) is 10.5. The van der Waals surface area contributed by atoms with Crippen LogP contribution in [-0.2, 0) is 15.9 Å². The zero-order valence-corrected chi connectivity index (χ0v) is 21.3. The highest BCUT2D eigenvalue weighted by atomic mass is 79.9. The van der Waals surface area contributed by atoms with Crippen LogP contribution in [0.15, 0.2) is 34.9 Å². The molecule has 0 unspecified atom stereocenters. The molecule has 2 aromatic heterocycles. The van der Waals surface area contributed by atoms with Gasteiger partial charge in [-0.15, -0.1) is 0 Å². The molecule has 1 fully saturated rings. The molecule has 9 heteroatoms. The largest absolute Gasteiger partial charge is 0.444 e. The molecular weight excluding hydrogens is 513 g/mol. The Kier molecular flexibility index (Phi) is 6.71. The lowest BCUT2D eigenvalue weighted by atomic mass is 10.0. The molecular formula is C24H26BrClFN3O3. The van der Waals surface area contributed by atoms with Gasteiger partial charge in [0, 0.05) is 24.7 Å². The van der Waals surface area contributed by atoms with Crippen LogP contribution in [0.25, 0.3) is 16.9 Å². The van der Waals surface area contributed by atoms with E-state index in [0.29, 0.717) is 46.9 Å². The van der Waals surface area contributed by atoms with Crippen molar-refractivity contribution >= 4 is 39.3 Å². The van der Waals surface area contributed by atoms with Crippen LogP contribution in [-0.4, -0.2) is 51.8 Å². The van der Waals surface area contributed by atoms with Gasteiger partial charge in [0.2, 0.25) is 0 Å². The van der Waals surface area contributed by atoms with Crippen molar-refractivity contribution in [2.75, 3.05) is 19.7 Å². The van der Waals surface area contributed by atoms with Crippen molar-refractivity contribution in [1.82, 2.24) is 14.3 Å². The zero-order chi connectivity index (χ0) is 23.9. The van der Waals surface area contributed by atoms with Crippen LogP contribution in [0, 0.1) is 12.7 Å². The highest BCUT2D eigenvalue weighted by Gasteiger charge is 2.30. The first-order valence-electron chi connectivity index (χ1n) is 10.7. The van der Waals surface area contributed by atoms with E-state index in [0.717, 1.165) is 16.9 Å². The molecule has 1 atom stereocenters. The molecule has 0 spiro atoms. The smallest absolute Gasteiger partial charge is 0.410 e. The maximum absolute atomic E-state index is 14.4. The zero-order valence-electron chi connectivity index (χ0n) is 19.0. The molecule has 0 aliphatic carbocycles. The minimum absolute atomic E-state index is 0.273. The second-order valence-electron chi connectivity index (χ2n) is 9.21. The number of carbonyl (C=O) groups excluding carboxylic acids is 1. The Balaban J connectivity index is 1.69. The summed E-state index contributed by atoms with van der Waals surface area (Å²) >= 11 is 9.67. The van der Waals surface area contributed by atoms with Crippen molar-refractivity contribution < 1.29 is 18.7 Å². The minimum atomic E-state index is -0.569. The highest BCUT2D eigenvalue weighted by Crippen LogP contribution is 2.35. The van der Waals surface area contributed by atoms with Gasteiger partial charge in [-0.25, -0.2) is 14.2 Å². The van der Waals surface area contributed by atoms with Gasteiger partial charge in [-0.3, -0.25) is 0 Å². The van der Waals surface area contributed by atoms with Crippen molar-refractivity contribution in [3.63, 3.8) is 0 Å². The number of aryl methyl sites for hydroxylation is 1. The SMILES string of the molecule is Cc1ccn2c(C[C@H]3CN(C(=O)OC(C)(C)C)CCO3)c(-c3cc(F)c(Br)cc3Cl)nc2c1. The number of rotatable bonds is 3. The Bertz CT molecular complexity index is 1210. The summed E-state index contributed by atoms with van der Waals surface area (Å²) in [6, 6.07) is 6.87. The fourth-order valence-electron chi connectivity index (χ4n) is 3.86. The summed E-state index contributed by atoms with van der Waals surface area (Å²) in [5.41, 5.74) is 3.16. The molecule has 1 saturated heterocycles. The molecule has 0 bridgehead atoms. The monoisotopic (exact) mass is 537 g/mol. The molecule has 33 heavy (non-hydrogen) atoms. The molecule has 0 radical (unpaired) electrons. The molecule has 1 aliphatic rings. The molecule has 3 heterocycles. The van der Waals surface area contributed by atoms with E-state index in [4.69, 9.17) is 26.1 Å². The standard InChI is InChI=1S/C24H26BrClFN3O3/c1-14-5-6-30-20(10-15-13-29(7-8-32-15)23(31)33-24(2,3)4)22(28-21(30)9-14)16-11-19(27)17(25)12-18(16)26/h5-6,9,11-12,15H,7-8,10,13H2,1-4H3/t15-/m0/s1. The van der Waals surface area contributed by atoms with Gasteiger partial charge in [0.25, 0.3) is 0 Å². The molecule has 1 aromatic carbocycles. The van der Waals surface area contributed by atoms with Crippen molar-refractivity contribution in [3.05, 3.63) is 57.0 Å². The van der Waals surface area contributed by atoms with Crippen LogP contribution < -0.4 is 0 Å². The topological polar surface area (TPSA) is 56.1 Å². The van der Waals surface area contributed by atoms with E-state index in [1.54, 1.807) is 4.90 Å². The molecule has 4 rings (SSSR count). The first-order chi connectivity index (χ1) is 15.5. The number of benzene rings is 1. The summed E-state index contributed by atoms with van der Waals surface area (Å²) in [6.07, 6.45) is 1.77. The molecule has 0 saturated carbocycles. The number of fused-ring (bicyclic) bond motifs is 1. The summed E-state index contributed by atoms with van der Waals surface area (Å²) in [5.74, 6) is -0.418. The third kappa shape index (κ3) is 5.34. The van der Waals surface area contributed by atoms with Crippen LogP contribution >= 0.6 is 27.5 Å². The van der Waals surface area contributed by atoms with Gasteiger partial charge in [0.05, 0.1) is 40.1 Å². The van der Waals surface area contributed by atoms with E-state index in [9.17, 15) is 9.18 Å². The van der Waals surface area contributed by atoms with Gasteiger partial charge in [-0.05, 0) is 73.5 Å². The average Bonchev–Trinajstić information content (AvgIpc) is 3.06. The summed E-state index contributed by atoms with van der Waals surface area (Å²) < 4.78 is 28.2. The van der Waals surface area contributed by atoms with E-state index in [-0.39, 0.29) is 12.2 Å². The summed E-state index contributed by atoms with van der Waals surface area (Å²) in [6.45, 7) is 8.78. The van der Waals surface area contributed by atoms with E-state index >= 15 is 0 Å².